The molecule has 0 bridgehead atoms. The van der Waals surface area contributed by atoms with Crippen LogP contribution in [0.1, 0.15) is 29.5 Å². The first-order chi connectivity index (χ1) is 9.11. The lowest BCUT2D eigenvalue weighted by atomic mass is 10.0. The SMILES string of the molecule is Cc1cc2c(cc1C)OC(C(=O)NCCCCN)C2.Cl. The third-order valence-corrected chi connectivity index (χ3v) is 3.57. The van der Waals surface area contributed by atoms with Gasteiger partial charge >= 0.3 is 0 Å². The fourth-order valence-corrected chi connectivity index (χ4v) is 2.25. The average molecular weight is 299 g/mol. The second-order valence-corrected chi connectivity index (χ2v) is 5.14. The number of nitrogens with two attached hydrogens (primary N) is 1. The number of fused-ring (bicyclic) bond motifs is 1. The highest BCUT2D eigenvalue weighted by Crippen LogP contribution is 2.31. The summed E-state index contributed by atoms with van der Waals surface area (Å²) >= 11 is 0. The summed E-state index contributed by atoms with van der Waals surface area (Å²) in [7, 11) is 0. The number of unbranched alkanes of at least 4 members (excludes halogenated alkanes) is 1. The van der Waals surface area contributed by atoms with Gasteiger partial charge in [0.1, 0.15) is 5.75 Å². The number of aryl methyl sites for hydroxylation is 2. The van der Waals surface area contributed by atoms with Crippen molar-refractivity contribution in [3.63, 3.8) is 0 Å². The molecule has 112 valence electrons. The molecule has 20 heavy (non-hydrogen) atoms. The number of hydrogen-bond donors (Lipinski definition) is 2. The molecule has 1 aromatic carbocycles. The van der Waals surface area contributed by atoms with Gasteiger partial charge in [-0.05, 0) is 56.0 Å². The van der Waals surface area contributed by atoms with E-state index in [-0.39, 0.29) is 24.4 Å². The first-order valence-corrected chi connectivity index (χ1v) is 6.86. The summed E-state index contributed by atoms with van der Waals surface area (Å²) in [4.78, 5) is 12.0. The van der Waals surface area contributed by atoms with E-state index in [0.717, 1.165) is 24.2 Å². The fraction of sp³-hybridized carbons (Fsp3) is 0.533. The Bertz CT molecular complexity index is 446. The summed E-state index contributed by atoms with van der Waals surface area (Å²) in [6.45, 7) is 5.47. The summed E-state index contributed by atoms with van der Waals surface area (Å²) in [5, 5.41) is 2.90. The second-order valence-electron chi connectivity index (χ2n) is 5.14. The van der Waals surface area contributed by atoms with E-state index in [1.807, 2.05) is 6.07 Å². The maximum absolute atomic E-state index is 12.0. The highest BCUT2D eigenvalue weighted by molar-refractivity contribution is 5.85. The van der Waals surface area contributed by atoms with Gasteiger partial charge in [-0.3, -0.25) is 4.79 Å². The van der Waals surface area contributed by atoms with E-state index in [1.54, 1.807) is 0 Å². The third kappa shape index (κ3) is 3.87. The summed E-state index contributed by atoms with van der Waals surface area (Å²) in [6.07, 6.45) is 2.14. The van der Waals surface area contributed by atoms with Crippen molar-refractivity contribution >= 4 is 18.3 Å². The summed E-state index contributed by atoms with van der Waals surface area (Å²) < 4.78 is 5.72. The highest BCUT2D eigenvalue weighted by Gasteiger charge is 2.29. The van der Waals surface area contributed by atoms with Gasteiger partial charge in [0.15, 0.2) is 6.10 Å². The molecule has 1 heterocycles. The number of hydrogen-bond acceptors (Lipinski definition) is 3. The lowest BCUT2D eigenvalue weighted by Gasteiger charge is -2.11. The van der Waals surface area contributed by atoms with Crippen LogP contribution in [0.5, 0.6) is 5.75 Å². The predicted molar refractivity (Wildman–Crippen MR) is 82.6 cm³/mol. The number of halogens is 1. The van der Waals surface area contributed by atoms with Gasteiger partial charge in [-0.15, -0.1) is 12.4 Å². The van der Waals surface area contributed by atoms with E-state index in [0.29, 0.717) is 19.5 Å². The fourth-order valence-electron chi connectivity index (χ4n) is 2.25. The number of carbonyl (C=O) groups is 1. The Morgan fingerprint density at radius 2 is 2.05 bits per heavy atom. The highest BCUT2D eigenvalue weighted by atomic mass is 35.5. The first-order valence-electron chi connectivity index (χ1n) is 6.86. The molecule has 0 fully saturated rings. The zero-order valence-electron chi connectivity index (χ0n) is 12.1. The second kappa shape index (κ2) is 7.50. The summed E-state index contributed by atoms with van der Waals surface area (Å²) in [6, 6.07) is 4.14. The molecule has 3 N–H and O–H groups in total. The molecule has 1 unspecified atom stereocenters. The molecule has 0 spiro atoms. The van der Waals surface area contributed by atoms with Gasteiger partial charge in [-0.2, -0.15) is 0 Å². The van der Waals surface area contributed by atoms with Crippen molar-refractivity contribution in [2.75, 3.05) is 13.1 Å². The number of nitrogens with one attached hydrogen (secondary N) is 1. The van der Waals surface area contributed by atoms with Crippen LogP contribution >= 0.6 is 12.4 Å². The van der Waals surface area contributed by atoms with E-state index in [9.17, 15) is 4.79 Å². The molecule has 0 aliphatic carbocycles. The number of amides is 1. The largest absolute Gasteiger partial charge is 0.480 e. The van der Waals surface area contributed by atoms with Crippen LogP contribution in [0.25, 0.3) is 0 Å². The van der Waals surface area contributed by atoms with Crippen molar-refractivity contribution in [1.82, 2.24) is 5.32 Å². The van der Waals surface area contributed by atoms with Crippen LogP contribution in [0.3, 0.4) is 0 Å². The van der Waals surface area contributed by atoms with Crippen LogP contribution in [0.2, 0.25) is 0 Å². The van der Waals surface area contributed by atoms with Gasteiger partial charge < -0.3 is 15.8 Å². The standard InChI is InChI=1S/C15H22N2O2.ClH/c1-10-7-12-9-14(19-13(12)8-11(10)2)15(18)17-6-4-3-5-16;/h7-8,14H,3-6,9,16H2,1-2H3,(H,17,18);1H. The van der Waals surface area contributed by atoms with E-state index in [1.165, 1.54) is 11.1 Å². The molecule has 0 aromatic heterocycles. The molecule has 2 rings (SSSR count). The number of benzene rings is 1. The van der Waals surface area contributed by atoms with Crippen molar-refractivity contribution in [2.24, 2.45) is 5.73 Å². The van der Waals surface area contributed by atoms with Crippen molar-refractivity contribution < 1.29 is 9.53 Å². The zero-order valence-corrected chi connectivity index (χ0v) is 12.9. The maximum Gasteiger partial charge on any atom is 0.261 e. The third-order valence-electron chi connectivity index (χ3n) is 3.57. The van der Waals surface area contributed by atoms with Crippen LogP contribution in [0.4, 0.5) is 0 Å². The lowest BCUT2D eigenvalue weighted by molar-refractivity contribution is -0.127. The van der Waals surface area contributed by atoms with E-state index >= 15 is 0 Å². The Hall–Kier alpha value is -1.26. The van der Waals surface area contributed by atoms with E-state index in [2.05, 4.69) is 25.2 Å². The Kier molecular flexibility index (Phi) is 6.30. The number of ether oxygens (including phenoxy) is 1. The van der Waals surface area contributed by atoms with Gasteiger partial charge in [0.2, 0.25) is 0 Å². The Labute approximate surface area is 126 Å². The average Bonchev–Trinajstić information content (AvgIpc) is 2.78. The van der Waals surface area contributed by atoms with E-state index < -0.39 is 0 Å². The molecular formula is C15H23ClN2O2. The van der Waals surface area contributed by atoms with Gasteiger partial charge in [-0.1, -0.05) is 6.07 Å². The van der Waals surface area contributed by atoms with Gasteiger partial charge in [-0.25, -0.2) is 0 Å². The van der Waals surface area contributed by atoms with Crippen LogP contribution < -0.4 is 15.8 Å². The monoisotopic (exact) mass is 298 g/mol. The molecule has 5 heteroatoms. The molecule has 1 atom stereocenters. The molecule has 1 amide bonds. The van der Waals surface area contributed by atoms with Crippen molar-refractivity contribution in [3.8, 4) is 5.75 Å². The quantitative estimate of drug-likeness (QED) is 0.816. The molecule has 1 aliphatic rings. The maximum atomic E-state index is 12.0. The Morgan fingerprint density at radius 3 is 2.75 bits per heavy atom. The smallest absolute Gasteiger partial charge is 0.261 e. The normalized spacial score (nSPS) is 16.1. The molecule has 0 saturated heterocycles. The van der Waals surface area contributed by atoms with Gasteiger partial charge in [0.25, 0.3) is 5.91 Å². The minimum absolute atomic E-state index is 0. The van der Waals surface area contributed by atoms with Crippen molar-refractivity contribution in [1.29, 1.82) is 0 Å². The molecule has 1 aliphatic heterocycles. The molecule has 1 aromatic rings. The van der Waals surface area contributed by atoms with Gasteiger partial charge in [0, 0.05) is 13.0 Å². The number of carbonyl (C=O) groups excluding carboxylic acids is 1. The molecular weight excluding hydrogens is 276 g/mol. The minimum atomic E-state index is -0.380. The number of rotatable bonds is 5. The molecule has 4 nitrogen and oxygen atoms in total. The van der Waals surface area contributed by atoms with Crippen LogP contribution in [0.15, 0.2) is 12.1 Å². The van der Waals surface area contributed by atoms with Crippen molar-refractivity contribution in [2.45, 2.75) is 39.2 Å². The zero-order chi connectivity index (χ0) is 13.8. The van der Waals surface area contributed by atoms with Crippen LogP contribution in [0, 0.1) is 13.8 Å². The van der Waals surface area contributed by atoms with Crippen LogP contribution in [-0.2, 0) is 11.2 Å². The Morgan fingerprint density at radius 1 is 1.35 bits per heavy atom. The van der Waals surface area contributed by atoms with E-state index in [4.69, 9.17) is 10.5 Å². The lowest BCUT2D eigenvalue weighted by Crippen LogP contribution is -2.38. The van der Waals surface area contributed by atoms with Gasteiger partial charge in [0.05, 0.1) is 0 Å². The first kappa shape index (κ1) is 16.8. The Balaban J connectivity index is 0.00000200. The summed E-state index contributed by atoms with van der Waals surface area (Å²) in [5.74, 6) is 0.828. The van der Waals surface area contributed by atoms with Crippen LogP contribution in [-0.4, -0.2) is 25.1 Å². The predicted octanol–water partition coefficient (Wildman–Crippen LogP) is 1.88. The topological polar surface area (TPSA) is 64.3 Å². The molecule has 0 saturated carbocycles. The summed E-state index contributed by atoms with van der Waals surface area (Å²) in [5.41, 5.74) is 8.98. The minimum Gasteiger partial charge on any atom is -0.480 e. The molecule has 0 radical (unpaired) electrons. The van der Waals surface area contributed by atoms with Crippen molar-refractivity contribution in [3.05, 3.63) is 28.8 Å².